The molecule has 0 fully saturated rings. The Balaban J connectivity index is 2.21. The van der Waals surface area contributed by atoms with Crippen LogP contribution in [-0.4, -0.2) is 5.91 Å². The van der Waals surface area contributed by atoms with Crippen LogP contribution >= 0.6 is 38.5 Å². The van der Waals surface area contributed by atoms with Gasteiger partial charge >= 0.3 is 0 Å². The first-order valence-electron chi connectivity index (χ1n) is 5.08. The average Bonchev–Trinajstić information content (AvgIpc) is 2.34. The van der Waals surface area contributed by atoms with E-state index in [9.17, 15) is 9.18 Å². The molecule has 0 aliphatic carbocycles. The third-order valence-electron chi connectivity index (χ3n) is 2.28. The molecule has 0 atom stereocenters. The summed E-state index contributed by atoms with van der Waals surface area (Å²) in [6.07, 6.45) is 0. The van der Waals surface area contributed by atoms with Gasteiger partial charge in [-0.1, -0.05) is 15.9 Å². The van der Waals surface area contributed by atoms with Gasteiger partial charge in [-0.05, 0) is 65.1 Å². The van der Waals surface area contributed by atoms with Crippen LogP contribution in [0.25, 0.3) is 0 Å². The van der Waals surface area contributed by atoms with Crippen LogP contribution < -0.4 is 5.32 Å². The van der Waals surface area contributed by atoms with Crippen molar-refractivity contribution in [3.63, 3.8) is 0 Å². The zero-order valence-electron chi connectivity index (χ0n) is 9.08. The van der Waals surface area contributed by atoms with Crippen molar-refractivity contribution in [2.45, 2.75) is 0 Å². The number of anilines is 1. The lowest BCUT2D eigenvalue weighted by atomic mass is 10.2. The lowest BCUT2D eigenvalue weighted by Gasteiger charge is -2.07. The predicted octanol–water partition coefficient (Wildman–Crippen LogP) is 4.45. The Hall–Kier alpha value is -0.950. The smallest absolute Gasteiger partial charge is 0.255 e. The Morgan fingerprint density at radius 3 is 2.50 bits per heavy atom. The topological polar surface area (TPSA) is 29.1 Å². The minimum Gasteiger partial charge on any atom is -0.319 e. The second-order valence-corrected chi connectivity index (χ2v) is 5.75. The van der Waals surface area contributed by atoms with Gasteiger partial charge in [-0.15, -0.1) is 0 Å². The van der Waals surface area contributed by atoms with Crippen molar-refractivity contribution in [2.75, 3.05) is 5.32 Å². The second kappa shape index (κ2) is 5.79. The second-order valence-electron chi connectivity index (χ2n) is 3.59. The molecule has 1 N–H and O–H groups in total. The van der Waals surface area contributed by atoms with E-state index >= 15 is 0 Å². The van der Waals surface area contributed by atoms with E-state index in [-0.39, 0.29) is 11.6 Å². The Morgan fingerprint density at radius 2 is 1.83 bits per heavy atom. The van der Waals surface area contributed by atoms with Gasteiger partial charge in [0.1, 0.15) is 5.82 Å². The molecule has 0 radical (unpaired) electrons. The van der Waals surface area contributed by atoms with Gasteiger partial charge in [-0.3, -0.25) is 4.79 Å². The van der Waals surface area contributed by atoms with Gasteiger partial charge in [0.15, 0.2) is 0 Å². The van der Waals surface area contributed by atoms with E-state index in [1.165, 1.54) is 12.1 Å². The van der Waals surface area contributed by atoms with Crippen LogP contribution in [0.15, 0.2) is 46.9 Å². The minimum atomic E-state index is -0.461. The quantitative estimate of drug-likeness (QED) is 0.716. The fourth-order valence-corrected chi connectivity index (χ4v) is 2.11. The maximum atomic E-state index is 13.5. The first-order chi connectivity index (χ1) is 8.56. The summed E-state index contributed by atoms with van der Waals surface area (Å²) in [5, 5.41) is 2.54. The molecule has 2 rings (SSSR count). The summed E-state index contributed by atoms with van der Waals surface area (Å²) in [5.41, 5.74) is 0.655. The largest absolute Gasteiger partial charge is 0.319 e. The summed E-state index contributed by atoms with van der Waals surface area (Å²) < 4.78 is 15.2. The standard InChI is InChI=1S/C13H8BrFINO/c14-9-3-6-11(15)12(7-9)17-13(18)8-1-4-10(16)5-2-8/h1-7H,(H,17,18). The maximum Gasteiger partial charge on any atom is 0.255 e. The number of hydrogen-bond acceptors (Lipinski definition) is 1. The molecule has 0 aliphatic heterocycles. The molecular formula is C13H8BrFINO. The van der Waals surface area contributed by atoms with E-state index in [0.717, 1.165) is 3.57 Å². The number of rotatable bonds is 2. The number of nitrogens with one attached hydrogen (secondary N) is 1. The number of carbonyl (C=O) groups is 1. The Bertz CT molecular complexity index is 586. The van der Waals surface area contributed by atoms with E-state index in [0.29, 0.717) is 10.0 Å². The molecule has 0 heterocycles. The van der Waals surface area contributed by atoms with Crippen LogP contribution in [0, 0.1) is 9.39 Å². The highest BCUT2D eigenvalue weighted by molar-refractivity contribution is 14.1. The SMILES string of the molecule is O=C(Nc1cc(Br)ccc1F)c1ccc(I)cc1. The van der Waals surface area contributed by atoms with Gasteiger partial charge in [0, 0.05) is 13.6 Å². The van der Waals surface area contributed by atoms with Crippen molar-refractivity contribution in [1.29, 1.82) is 0 Å². The number of benzene rings is 2. The maximum absolute atomic E-state index is 13.5. The Morgan fingerprint density at radius 1 is 1.17 bits per heavy atom. The zero-order valence-corrected chi connectivity index (χ0v) is 12.8. The van der Waals surface area contributed by atoms with E-state index in [4.69, 9.17) is 0 Å². The van der Waals surface area contributed by atoms with Crippen molar-refractivity contribution in [3.8, 4) is 0 Å². The summed E-state index contributed by atoms with van der Waals surface area (Å²) in [6.45, 7) is 0. The average molecular weight is 420 g/mol. The fraction of sp³-hybridized carbons (Fsp3) is 0. The molecule has 92 valence electrons. The third-order valence-corrected chi connectivity index (χ3v) is 3.50. The molecule has 0 bridgehead atoms. The highest BCUT2D eigenvalue weighted by Gasteiger charge is 2.09. The van der Waals surface area contributed by atoms with Crippen LogP contribution in [0.5, 0.6) is 0 Å². The Kier molecular flexibility index (Phi) is 4.34. The molecule has 2 aromatic carbocycles. The first kappa shape index (κ1) is 13.5. The molecule has 18 heavy (non-hydrogen) atoms. The molecule has 0 spiro atoms. The van der Waals surface area contributed by atoms with Crippen molar-refractivity contribution in [2.24, 2.45) is 0 Å². The molecule has 0 aromatic heterocycles. The van der Waals surface area contributed by atoms with Gasteiger partial charge < -0.3 is 5.32 Å². The molecule has 0 saturated carbocycles. The summed E-state index contributed by atoms with van der Waals surface area (Å²) in [6, 6.07) is 11.5. The summed E-state index contributed by atoms with van der Waals surface area (Å²) >= 11 is 5.39. The minimum absolute atomic E-state index is 0.160. The summed E-state index contributed by atoms with van der Waals surface area (Å²) in [4.78, 5) is 11.9. The van der Waals surface area contributed by atoms with Gasteiger partial charge in [0.2, 0.25) is 0 Å². The van der Waals surface area contributed by atoms with Gasteiger partial charge in [-0.25, -0.2) is 4.39 Å². The zero-order chi connectivity index (χ0) is 13.1. The number of halogens is 3. The highest BCUT2D eigenvalue weighted by Crippen LogP contribution is 2.20. The molecule has 2 nitrogen and oxygen atoms in total. The molecule has 0 unspecified atom stereocenters. The third kappa shape index (κ3) is 3.29. The molecule has 0 saturated heterocycles. The molecular weight excluding hydrogens is 412 g/mol. The summed E-state index contributed by atoms with van der Waals surface area (Å²) in [5.74, 6) is -0.791. The van der Waals surface area contributed by atoms with E-state index in [1.807, 2.05) is 12.1 Å². The first-order valence-corrected chi connectivity index (χ1v) is 6.95. The number of carbonyl (C=O) groups excluding carboxylic acids is 1. The Labute approximate surface area is 126 Å². The van der Waals surface area contributed by atoms with E-state index in [2.05, 4.69) is 43.8 Å². The number of hydrogen-bond donors (Lipinski definition) is 1. The fourth-order valence-electron chi connectivity index (χ4n) is 1.39. The van der Waals surface area contributed by atoms with Crippen LogP contribution in [-0.2, 0) is 0 Å². The van der Waals surface area contributed by atoms with Crippen LogP contribution in [0.2, 0.25) is 0 Å². The van der Waals surface area contributed by atoms with Crippen LogP contribution in [0.4, 0.5) is 10.1 Å². The molecule has 1 amide bonds. The molecule has 2 aromatic rings. The molecule has 0 aliphatic rings. The van der Waals surface area contributed by atoms with Crippen molar-refractivity contribution >= 4 is 50.1 Å². The molecule has 5 heteroatoms. The van der Waals surface area contributed by atoms with Gasteiger partial charge in [0.05, 0.1) is 5.69 Å². The monoisotopic (exact) mass is 419 g/mol. The van der Waals surface area contributed by atoms with E-state index in [1.54, 1.807) is 18.2 Å². The summed E-state index contributed by atoms with van der Waals surface area (Å²) in [7, 11) is 0. The van der Waals surface area contributed by atoms with Crippen LogP contribution in [0.1, 0.15) is 10.4 Å². The highest BCUT2D eigenvalue weighted by atomic mass is 127. The van der Waals surface area contributed by atoms with Crippen molar-refractivity contribution in [3.05, 3.63) is 61.9 Å². The normalized spacial score (nSPS) is 10.2. The lowest BCUT2D eigenvalue weighted by molar-refractivity contribution is 0.102. The van der Waals surface area contributed by atoms with Crippen LogP contribution in [0.3, 0.4) is 0 Å². The van der Waals surface area contributed by atoms with E-state index < -0.39 is 5.82 Å². The van der Waals surface area contributed by atoms with Gasteiger partial charge in [0.25, 0.3) is 5.91 Å². The predicted molar refractivity (Wildman–Crippen MR) is 81.2 cm³/mol. The lowest BCUT2D eigenvalue weighted by Crippen LogP contribution is -2.12. The van der Waals surface area contributed by atoms with Crippen molar-refractivity contribution < 1.29 is 9.18 Å². The van der Waals surface area contributed by atoms with Gasteiger partial charge in [-0.2, -0.15) is 0 Å². The van der Waals surface area contributed by atoms with Crippen molar-refractivity contribution in [1.82, 2.24) is 0 Å². The number of amides is 1.